The highest BCUT2D eigenvalue weighted by molar-refractivity contribution is 7.91. The molecule has 2 aliphatic heterocycles. The summed E-state index contributed by atoms with van der Waals surface area (Å²) >= 11 is 0. The van der Waals surface area contributed by atoms with Crippen LogP contribution in [-0.4, -0.2) is 81.4 Å². The third kappa shape index (κ3) is 4.96. The fraction of sp³-hybridized carbons (Fsp3) is 0.611. The van der Waals surface area contributed by atoms with E-state index in [9.17, 15) is 26.4 Å². The maximum Gasteiger partial charge on any atom is 0.416 e. The summed E-state index contributed by atoms with van der Waals surface area (Å²) in [6.45, 7) is 2.34. The van der Waals surface area contributed by atoms with Gasteiger partial charge in [0.25, 0.3) is 0 Å². The average Bonchev–Trinajstić information content (AvgIpc) is 3.01. The number of likely N-dealkylation sites (N-methyl/N-ethyl adjacent to an activating group) is 1. The molecule has 0 N–H and O–H groups in total. The van der Waals surface area contributed by atoms with Gasteiger partial charge >= 0.3 is 6.18 Å². The van der Waals surface area contributed by atoms with Crippen molar-refractivity contribution >= 4 is 21.4 Å². The molecule has 0 saturated carbocycles. The summed E-state index contributed by atoms with van der Waals surface area (Å²) in [6, 6.07) is 4.99. The number of halogens is 3. The molecule has 0 aliphatic carbocycles. The second-order valence-corrected chi connectivity index (χ2v) is 9.60. The molecule has 1 aromatic rings. The zero-order valence-electron chi connectivity index (χ0n) is 15.7. The first-order valence-electron chi connectivity index (χ1n) is 9.16. The van der Waals surface area contributed by atoms with Crippen LogP contribution in [0.4, 0.5) is 18.9 Å². The molecule has 2 fully saturated rings. The zero-order valence-corrected chi connectivity index (χ0v) is 16.5. The largest absolute Gasteiger partial charge is 0.416 e. The van der Waals surface area contributed by atoms with E-state index in [0.717, 1.165) is 12.1 Å². The molecule has 156 valence electrons. The Morgan fingerprint density at radius 3 is 2.46 bits per heavy atom. The molecule has 0 bridgehead atoms. The van der Waals surface area contributed by atoms with Crippen LogP contribution in [0.15, 0.2) is 24.3 Å². The molecule has 0 aromatic heterocycles. The van der Waals surface area contributed by atoms with Crippen molar-refractivity contribution in [2.24, 2.45) is 0 Å². The molecule has 6 nitrogen and oxygen atoms in total. The van der Waals surface area contributed by atoms with E-state index in [0.29, 0.717) is 38.3 Å². The number of hydrogen-bond donors (Lipinski definition) is 0. The number of carbonyl (C=O) groups is 1. The lowest BCUT2D eigenvalue weighted by molar-refractivity contribution is -0.137. The van der Waals surface area contributed by atoms with Crippen LogP contribution >= 0.6 is 0 Å². The van der Waals surface area contributed by atoms with Gasteiger partial charge in [0.1, 0.15) is 0 Å². The molecule has 1 aromatic carbocycles. The number of nitrogens with zero attached hydrogens (tertiary/aromatic N) is 3. The highest BCUT2D eigenvalue weighted by atomic mass is 32.2. The lowest BCUT2D eigenvalue weighted by atomic mass is 10.1. The summed E-state index contributed by atoms with van der Waals surface area (Å²) < 4.78 is 61.8. The van der Waals surface area contributed by atoms with Crippen molar-refractivity contribution in [1.82, 2.24) is 9.80 Å². The first-order chi connectivity index (χ1) is 13.0. The fourth-order valence-corrected chi connectivity index (χ4v) is 5.40. The fourth-order valence-electron chi connectivity index (χ4n) is 3.63. The predicted molar refractivity (Wildman–Crippen MR) is 99.9 cm³/mol. The molecule has 0 unspecified atom stereocenters. The van der Waals surface area contributed by atoms with Crippen molar-refractivity contribution in [3.8, 4) is 0 Å². The first-order valence-corrected chi connectivity index (χ1v) is 11.0. The van der Waals surface area contributed by atoms with Gasteiger partial charge in [0.05, 0.1) is 23.6 Å². The lowest BCUT2D eigenvalue weighted by Gasteiger charge is -2.37. The zero-order chi connectivity index (χ0) is 20.5. The van der Waals surface area contributed by atoms with Crippen LogP contribution in [0.1, 0.15) is 12.0 Å². The molecule has 2 aliphatic rings. The standard InChI is InChI=1S/C18H24F3N3O3S/c1-22(16-5-10-28(26,27)13-16)17(25)12-23-6-8-24(9-7-23)15-4-2-3-14(11-15)18(19,20)21/h2-4,11,16H,5-10,12-13H2,1H3/t16-/m1/s1. The predicted octanol–water partition coefficient (Wildman–Crippen LogP) is 1.47. The first kappa shape index (κ1) is 20.9. The minimum absolute atomic E-state index is 0.0125. The number of carbonyl (C=O) groups excluding carboxylic acids is 1. The summed E-state index contributed by atoms with van der Waals surface area (Å²) in [7, 11) is -1.42. The topological polar surface area (TPSA) is 60.9 Å². The third-order valence-electron chi connectivity index (χ3n) is 5.42. The van der Waals surface area contributed by atoms with Gasteiger partial charge in [-0.15, -0.1) is 0 Å². The van der Waals surface area contributed by atoms with Gasteiger partial charge in [-0.25, -0.2) is 8.42 Å². The van der Waals surface area contributed by atoms with E-state index >= 15 is 0 Å². The highest BCUT2D eigenvalue weighted by Crippen LogP contribution is 2.31. The van der Waals surface area contributed by atoms with Crippen LogP contribution in [-0.2, 0) is 20.8 Å². The van der Waals surface area contributed by atoms with E-state index in [1.807, 2.05) is 9.80 Å². The Hall–Kier alpha value is -1.81. The van der Waals surface area contributed by atoms with Gasteiger partial charge in [-0.05, 0) is 24.6 Å². The summed E-state index contributed by atoms with van der Waals surface area (Å²) in [5.41, 5.74) is -0.148. The number of sulfone groups is 1. The summed E-state index contributed by atoms with van der Waals surface area (Å²) in [5, 5.41) is 0. The number of amides is 1. The number of anilines is 1. The monoisotopic (exact) mass is 419 g/mol. The smallest absolute Gasteiger partial charge is 0.369 e. The molecule has 28 heavy (non-hydrogen) atoms. The molecule has 2 heterocycles. The summed E-state index contributed by atoms with van der Waals surface area (Å²) in [6.07, 6.45) is -3.91. The summed E-state index contributed by atoms with van der Waals surface area (Å²) in [4.78, 5) is 17.8. The highest BCUT2D eigenvalue weighted by Gasteiger charge is 2.34. The maximum absolute atomic E-state index is 12.9. The Labute approximate surface area is 162 Å². The molecular formula is C18H24F3N3O3S. The average molecular weight is 419 g/mol. The molecule has 10 heteroatoms. The molecule has 0 spiro atoms. The second kappa shape index (κ2) is 7.90. The minimum Gasteiger partial charge on any atom is -0.369 e. The Morgan fingerprint density at radius 1 is 1.21 bits per heavy atom. The van der Waals surface area contributed by atoms with E-state index in [2.05, 4.69) is 0 Å². The van der Waals surface area contributed by atoms with Crippen molar-refractivity contribution in [2.75, 3.05) is 56.2 Å². The number of piperazine rings is 1. The molecule has 3 rings (SSSR count). The quantitative estimate of drug-likeness (QED) is 0.740. The van der Waals surface area contributed by atoms with Crippen LogP contribution in [0.5, 0.6) is 0 Å². The Kier molecular flexibility index (Phi) is 5.90. The second-order valence-electron chi connectivity index (χ2n) is 7.37. The van der Waals surface area contributed by atoms with Crippen molar-refractivity contribution in [2.45, 2.75) is 18.6 Å². The van der Waals surface area contributed by atoms with E-state index in [-0.39, 0.29) is 30.0 Å². The third-order valence-corrected chi connectivity index (χ3v) is 7.17. The van der Waals surface area contributed by atoms with E-state index in [1.54, 1.807) is 13.1 Å². The van der Waals surface area contributed by atoms with E-state index in [1.165, 1.54) is 11.0 Å². The normalized spacial score (nSPS) is 23.0. The van der Waals surface area contributed by atoms with Crippen molar-refractivity contribution < 1.29 is 26.4 Å². The van der Waals surface area contributed by atoms with Gasteiger partial charge in [-0.3, -0.25) is 9.69 Å². The number of benzene rings is 1. The van der Waals surface area contributed by atoms with Crippen LogP contribution in [0.25, 0.3) is 0 Å². The Morgan fingerprint density at radius 2 is 1.89 bits per heavy atom. The molecule has 1 amide bonds. The van der Waals surface area contributed by atoms with Crippen LogP contribution < -0.4 is 4.90 Å². The van der Waals surface area contributed by atoms with Gasteiger partial charge in [0, 0.05) is 45.0 Å². The Bertz CT molecular complexity index is 821. The number of alkyl halides is 3. The van der Waals surface area contributed by atoms with Gasteiger partial charge < -0.3 is 9.80 Å². The van der Waals surface area contributed by atoms with Crippen molar-refractivity contribution in [3.63, 3.8) is 0 Å². The minimum atomic E-state index is -4.37. The van der Waals surface area contributed by atoms with Gasteiger partial charge in [0.15, 0.2) is 9.84 Å². The summed E-state index contributed by atoms with van der Waals surface area (Å²) in [5.74, 6) is -0.00150. The van der Waals surface area contributed by atoms with Crippen LogP contribution in [0.3, 0.4) is 0 Å². The molecule has 2 saturated heterocycles. The van der Waals surface area contributed by atoms with Crippen LogP contribution in [0.2, 0.25) is 0 Å². The molecular weight excluding hydrogens is 395 g/mol. The maximum atomic E-state index is 12.9. The van der Waals surface area contributed by atoms with Crippen molar-refractivity contribution in [3.05, 3.63) is 29.8 Å². The SMILES string of the molecule is CN(C(=O)CN1CCN(c2cccc(C(F)(F)F)c2)CC1)[C@@H]1CCS(=O)(=O)C1. The van der Waals surface area contributed by atoms with Crippen molar-refractivity contribution in [1.29, 1.82) is 0 Å². The van der Waals surface area contributed by atoms with E-state index in [4.69, 9.17) is 0 Å². The Balaban J connectivity index is 1.52. The molecule has 1 atom stereocenters. The van der Waals surface area contributed by atoms with Gasteiger partial charge in [-0.1, -0.05) is 6.07 Å². The van der Waals surface area contributed by atoms with Gasteiger partial charge in [-0.2, -0.15) is 13.2 Å². The van der Waals surface area contributed by atoms with E-state index < -0.39 is 21.6 Å². The molecule has 0 radical (unpaired) electrons. The van der Waals surface area contributed by atoms with Gasteiger partial charge in [0.2, 0.25) is 5.91 Å². The number of rotatable bonds is 4. The lowest BCUT2D eigenvalue weighted by Crippen LogP contribution is -2.51. The van der Waals surface area contributed by atoms with Crippen LogP contribution in [0, 0.1) is 0 Å². The number of hydrogen-bond acceptors (Lipinski definition) is 5.